The molecule has 3 heteroatoms. The maximum Gasteiger partial charge on any atom is 0.175 e. The monoisotopic (exact) mass is 242 g/mol. The highest BCUT2D eigenvalue weighted by atomic mass is 16.5. The summed E-state index contributed by atoms with van der Waals surface area (Å²) in [5.74, 6) is 2.19. The molecule has 3 rings (SSSR count). The Morgan fingerprint density at radius 2 is 1.89 bits per heavy atom. The summed E-state index contributed by atoms with van der Waals surface area (Å²) in [7, 11) is 0. The van der Waals surface area contributed by atoms with Crippen LogP contribution in [0.3, 0.4) is 0 Å². The lowest BCUT2D eigenvalue weighted by molar-refractivity contribution is 0.362. The number of nitrogen functional groups attached to an aromatic ring is 1. The molecular formula is C15H18N2O. The first-order valence-corrected chi connectivity index (χ1v) is 6.64. The second-order valence-electron chi connectivity index (χ2n) is 5.09. The zero-order valence-electron chi connectivity index (χ0n) is 10.4. The van der Waals surface area contributed by atoms with Crippen LogP contribution in [0.1, 0.15) is 31.4 Å². The van der Waals surface area contributed by atoms with Gasteiger partial charge in [0.1, 0.15) is 5.76 Å². The molecule has 0 spiro atoms. The molecule has 1 fully saturated rings. The Labute approximate surface area is 107 Å². The quantitative estimate of drug-likeness (QED) is 0.893. The average Bonchev–Trinajstić information content (AvgIpc) is 3.02. The molecule has 0 saturated heterocycles. The van der Waals surface area contributed by atoms with Gasteiger partial charge in [-0.2, -0.15) is 0 Å². The highest BCUT2D eigenvalue weighted by Gasteiger charge is 2.22. The summed E-state index contributed by atoms with van der Waals surface area (Å²) in [6, 6.07) is 10.1. The van der Waals surface area contributed by atoms with Crippen molar-refractivity contribution in [3.05, 3.63) is 36.1 Å². The molecule has 2 aromatic rings. The van der Waals surface area contributed by atoms with Crippen LogP contribution >= 0.6 is 0 Å². The van der Waals surface area contributed by atoms with Gasteiger partial charge < -0.3 is 10.3 Å². The third-order valence-corrected chi connectivity index (χ3v) is 3.80. The fourth-order valence-corrected chi connectivity index (χ4v) is 2.87. The molecule has 0 unspecified atom stereocenters. The molecule has 1 aromatic carbocycles. The van der Waals surface area contributed by atoms with E-state index in [2.05, 4.69) is 17.3 Å². The van der Waals surface area contributed by atoms with Gasteiger partial charge in [0.25, 0.3) is 0 Å². The van der Waals surface area contributed by atoms with Crippen LogP contribution in [0.25, 0.3) is 11.1 Å². The summed E-state index contributed by atoms with van der Waals surface area (Å²) >= 11 is 0. The van der Waals surface area contributed by atoms with Crippen molar-refractivity contribution in [2.24, 2.45) is 5.92 Å². The first-order chi connectivity index (χ1) is 8.84. The fraction of sp³-hybridized carbons (Fsp3) is 0.400. The van der Waals surface area contributed by atoms with E-state index in [0.29, 0.717) is 5.82 Å². The van der Waals surface area contributed by atoms with E-state index in [1.54, 1.807) is 0 Å². The van der Waals surface area contributed by atoms with Gasteiger partial charge in [0.15, 0.2) is 5.82 Å². The molecule has 1 heterocycles. The molecule has 3 nitrogen and oxygen atoms in total. The smallest absolute Gasteiger partial charge is 0.175 e. The second kappa shape index (κ2) is 4.84. The summed E-state index contributed by atoms with van der Waals surface area (Å²) < 4.78 is 5.44. The number of hydrogen-bond donors (Lipinski definition) is 1. The predicted octanol–water partition coefficient (Wildman–Crippen LogP) is 3.66. The number of hydrogen-bond acceptors (Lipinski definition) is 3. The lowest BCUT2D eigenvalue weighted by Crippen LogP contribution is -1.99. The van der Waals surface area contributed by atoms with Crippen molar-refractivity contribution < 1.29 is 4.52 Å². The maximum atomic E-state index is 5.94. The first-order valence-electron chi connectivity index (χ1n) is 6.64. The normalized spacial score (nSPS) is 16.2. The summed E-state index contributed by atoms with van der Waals surface area (Å²) in [4.78, 5) is 0. The second-order valence-corrected chi connectivity index (χ2v) is 5.09. The number of nitrogens with zero attached hydrogens (tertiary/aromatic N) is 1. The van der Waals surface area contributed by atoms with E-state index in [4.69, 9.17) is 10.3 Å². The standard InChI is InChI=1S/C15H18N2O/c16-15-14(12-8-2-1-3-9-12)13(18-17-15)10-11-6-4-5-7-11/h1-3,8-9,11H,4-7,10H2,(H2,16,17). The lowest BCUT2D eigenvalue weighted by Gasteiger charge is -2.07. The van der Waals surface area contributed by atoms with Gasteiger partial charge in [-0.1, -0.05) is 61.2 Å². The van der Waals surface area contributed by atoms with Gasteiger partial charge in [-0.15, -0.1) is 0 Å². The molecule has 0 atom stereocenters. The minimum atomic E-state index is 0.509. The van der Waals surface area contributed by atoms with Crippen LogP contribution in [0, 0.1) is 5.92 Å². The van der Waals surface area contributed by atoms with Gasteiger partial charge >= 0.3 is 0 Å². The number of nitrogens with two attached hydrogens (primary N) is 1. The van der Waals surface area contributed by atoms with Crippen LogP contribution in [0.4, 0.5) is 5.82 Å². The van der Waals surface area contributed by atoms with Gasteiger partial charge in [-0.25, -0.2) is 0 Å². The fourth-order valence-electron chi connectivity index (χ4n) is 2.87. The topological polar surface area (TPSA) is 52.0 Å². The molecule has 1 aliphatic rings. The van der Waals surface area contributed by atoms with Crippen molar-refractivity contribution >= 4 is 5.82 Å². The Morgan fingerprint density at radius 3 is 2.61 bits per heavy atom. The van der Waals surface area contributed by atoms with Gasteiger partial charge in [-0.3, -0.25) is 0 Å². The van der Waals surface area contributed by atoms with Crippen LogP contribution in [0.15, 0.2) is 34.9 Å². The van der Waals surface area contributed by atoms with E-state index in [1.807, 2.05) is 18.2 Å². The third kappa shape index (κ3) is 2.13. The molecule has 94 valence electrons. The van der Waals surface area contributed by atoms with Crippen LogP contribution in [0.2, 0.25) is 0 Å². The molecule has 0 radical (unpaired) electrons. The van der Waals surface area contributed by atoms with Crippen molar-refractivity contribution in [2.45, 2.75) is 32.1 Å². The lowest BCUT2D eigenvalue weighted by atomic mass is 9.97. The molecule has 0 amide bonds. The Hall–Kier alpha value is -1.77. The Kier molecular flexibility index (Phi) is 3.05. The Balaban J connectivity index is 1.91. The molecule has 0 bridgehead atoms. The van der Waals surface area contributed by atoms with Crippen molar-refractivity contribution in [2.75, 3.05) is 5.73 Å². The van der Waals surface area contributed by atoms with E-state index in [1.165, 1.54) is 25.7 Å². The number of benzene rings is 1. The van der Waals surface area contributed by atoms with E-state index >= 15 is 0 Å². The summed E-state index contributed by atoms with van der Waals surface area (Å²) in [6.45, 7) is 0. The van der Waals surface area contributed by atoms with Crippen LogP contribution in [-0.2, 0) is 6.42 Å². The van der Waals surface area contributed by atoms with Gasteiger partial charge in [-0.05, 0) is 11.5 Å². The zero-order valence-corrected chi connectivity index (χ0v) is 10.4. The van der Waals surface area contributed by atoms with Crippen LogP contribution in [0.5, 0.6) is 0 Å². The van der Waals surface area contributed by atoms with Crippen LogP contribution in [-0.4, -0.2) is 5.16 Å². The van der Waals surface area contributed by atoms with Gasteiger partial charge in [0.05, 0.1) is 5.56 Å². The van der Waals surface area contributed by atoms with E-state index in [9.17, 15) is 0 Å². The first kappa shape index (κ1) is 11.3. The van der Waals surface area contributed by atoms with E-state index in [0.717, 1.165) is 29.2 Å². The highest BCUT2D eigenvalue weighted by Crippen LogP contribution is 2.34. The highest BCUT2D eigenvalue weighted by molar-refractivity contribution is 5.75. The number of aromatic nitrogens is 1. The molecule has 2 N–H and O–H groups in total. The average molecular weight is 242 g/mol. The zero-order chi connectivity index (χ0) is 12.4. The van der Waals surface area contributed by atoms with E-state index in [-0.39, 0.29) is 0 Å². The van der Waals surface area contributed by atoms with Gasteiger partial charge in [0.2, 0.25) is 0 Å². The Morgan fingerprint density at radius 1 is 1.17 bits per heavy atom. The van der Waals surface area contributed by atoms with Gasteiger partial charge in [0, 0.05) is 6.42 Å². The Bertz CT molecular complexity index is 513. The summed E-state index contributed by atoms with van der Waals surface area (Å²) in [6.07, 6.45) is 6.25. The largest absolute Gasteiger partial charge is 0.380 e. The summed E-state index contributed by atoms with van der Waals surface area (Å²) in [5.41, 5.74) is 8.03. The SMILES string of the molecule is Nc1noc(CC2CCCC2)c1-c1ccccc1. The van der Waals surface area contributed by atoms with E-state index < -0.39 is 0 Å². The van der Waals surface area contributed by atoms with Crippen molar-refractivity contribution in [3.63, 3.8) is 0 Å². The van der Waals surface area contributed by atoms with Crippen LogP contribution < -0.4 is 5.73 Å². The minimum Gasteiger partial charge on any atom is -0.380 e. The minimum absolute atomic E-state index is 0.509. The van der Waals surface area contributed by atoms with Crippen molar-refractivity contribution in [1.82, 2.24) is 5.16 Å². The molecule has 0 aliphatic heterocycles. The molecule has 1 aliphatic carbocycles. The number of rotatable bonds is 3. The maximum absolute atomic E-state index is 5.94. The molecule has 1 saturated carbocycles. The molecular weight excluding hydrogens is 224 g/mol. The third-order valence-electron chi connectivity index (χ3n) is 3.80. The van der Waals surface area contributed by atoms with Crippen molar-refractivity contribution in [1.29, 1.82) is 0 Å². The predicted molar refractivity (Wildman–Crippen MR) is 72.0 cm³/mol. The number of anilines is 1. The summed E-state index contributed by atoms with van der Waals surface area (Å²) in [5, 5.41) is 3.94. The molecule has 18 heavy (non-hydrogen) atoms. The molecule has 1 aromatic heterocycles. The van der Waals surface area contributed by atoms with Crippen molar-refractivity contribution in [3.8, 4) is 11.1 Å².